The number of rotatable bonds is 10. The maximum absolute atomic E-state index is 13.6. The molecule has 0 radical (unpaired) electrons. The lowest BCUT2D eigenvalue weighted by Gasteiger charge is -2.49. The molecule has 2 aromatic carbocycles. The van der Waals surface area contributed by atoms with Crippen LogP contribution in [-0.4, -0.2) is 80.3 Å². The number of benzene rings is 2. The Bertz CT molecular complexity index is 1800. The van der Waals surface area contributed by atoms with Gasteiger partial charge in [0.2, 0.25) is 15.9 Å². The Hall–Kier alpha value is -3.97. The van der Waals surface area contributed by atoms with Crippen molar-refractivity contribution in [3.05, 3.63) is 75.9 Å². The van der Waals surface area contributed by atoms with Crippen molar-refractivity contribution in [2.45, 2.75) is 33.6 Å². The van der Waals surface area contributed by atoms with Crippen molar-refractivity contribution in [2.75, 3.05) is 11.5 Å². The summed E-state index contributed by atoms with van der Waals surface area (Å²) in [6, 6.07) is 8.51. The zero-order chi connectivity index (χ0) is 31.8. The first-order valence-corrected chi connectivity index (χ1v) is 17.1. The fraction of sp³-hybridized carbons (Fsp3) is 0.231. The molecule has 3 aromatic rings. The minimum Gasteiger partial charge on any atom is -0.507 e. The minimum absolute atomic E-state index is 0.142. The predicted molar refractivity (Wildman–Crippen MR) is 161 cm³/mol. The van der Waals surface area contributed by atoms with Crippen LogP contribution < -0.4 is 15.8 Å². The Morgan fingerprint density at radius 3 is 2.55 bits per heavy atom. The normalized spacial score (nSPS) is 18.7. The molecule has 2 aliphatic heterocycles. The van der Waals surface area contributed by atoms with Gasteiger partial charge in [-0.15, -0.1) is 22.0 Å². The lowest BCUT2D eigenvalue weighted by atomic mass is 10.0. The van der Waals surface area contributed by atoms with Crippen LogP contribution in [0.5, 0.6) is 5.75 Å². The summed E-state index contributed by atoms with van der Waals surface area (Å²) in [6.45, 7) is 1.81. The first kappa shape index (κ1) is 31.5. The molecule has 1 unspecified atom stereocenters. The van der Waals surface area contributed by atoms with E-state index >= 15 is 0 Å². The first-order valence-electron chi connectivity index (χ1n) is 12.7. The van der Waals surface area contributed by atoms with E-state index < -0.39 is 67.4 Å². The van der Waals surface area contributed by atoms with Gasteiger partial charge in [-0.05, 0) is 36.3 Å². The number of fused-ring (bicyclic) bond motifs is 1. The van der Waals surface area contributed by atoms with Crippen LogP contribution in [0.15, 0.2) is 69.0 Å². The van der Waals surface area contributed by atoms with Crippen LogP contribution in [0.2, 0.25) is 0 Å². The van der Waals surface area contributed by atoms with E-state index in [1.807, 2.05) is 0 Å². The van der Waals surface area contributed by atoms with Crippen LogP contribution in [0.25, 0.3) is 0 Å². The van der Waals surface area contributed by atoms with Crippen molar-refractivity contribution in [1.82, 2.24) is 25.7 Å². The molecule has 3 amide bonds. The number of carboxylic acids is 1. The zero-order valence-corrected chi connectivity index (χ0v) is 25.9. The molecule has 3 heterocycles. The summed E-state index contributed by atoms with van der Waals surface area (Å²) in [6.07, 6.45) is 0. The van der Waals surface area contributed by atoms with Crippen LogP contribution in [0.4, 0.5) is 0 Å². The van der Waals surface area contributed by atoms with Gasteiger partial charge in [0, 0.05) is 11.5 Å². The van der Waals surface area contributed by atoms with Gasteiger partial charge in [-0.2, -0.15) is 0 Å². The van der Waals surface area contributed by atoms with Gasteiger partial charge in [0.15, 0.2) is 4.34 Å². The molecule has 230 valence electrons. The SMILES string of the molecule is Cc1nnc(SCC2=C(C(=O)O)N3C(=O)C(NC(=O)[C@@H](NC(=O)c4cc(S(N)(=O)=O)ccc4O)c4ccccc4)[C@@H]3SC2)s1. The van der Waals surface area contributed by atoms with Crippen molar-refractivity contribution in [1.29, 1.82) is 0 Å². The van der Waals surface area contributed by atoms with Gasteiger partial charge in [-0.25, -0.2) is 18.4 Å². The van der Waals surface area contributed by atoms with Gasteiger partial charge >= 0.3 is 5.97 Å². The predicted octanol–water partition coefficient (Wildman–Crippen LogP) is 1.20. The van der Waals surface area contributed by atoms with Crippen molar-refractivity contribution in [2.24, 2.45) is 5.14 Å². The Morgan fingerprint density at radius 2 is 1.91 bits per heavy atom. The second kappa shape index (κ2) is 12.6. The van der Waals surface area contributed by atoms with E-state index in [9.17, 15) is 37.8 Å². The third-order valence-corrected chi connectivity index (χ3v) is 10.9. The number of aryl methyl sites for hydroxylation is 1. The number of aromatic nitrogens is 2. The van der Waals surface area contributed by atoms with E-state index in [2.05, 4.69) is 20.8 Å². The van der Waals surface area contributed by atoms with Crippen molar-refractivity contribution >= 4 is 68.6 Å². The molecule has 1 saturated heterocycles. The Balaban J connectivity index is 1.34. The minimum atomic E-state index is -4.20. The average Bonchev–Trinajstić information content (AvgIpc) is 3.41. The number of aromatic hydroxyl groups is 1. The fourth-order valence-corrected chi connectivity index (χ4v) is 8.39. The summed E-state index contributed by atoms with van der Waals surface area (Å²) in [5.41, 5.74) is 0.281. The summed E-state index contributed by atoms with van der Waals surface area (Å²) < 4.78 is 24.2. The van der Waals surface area contributed by atoms with Gasteiger partial charge in [-0.3, -0.25) is 19.3 Å². The van der Waals surface area contributed by atoms with E-state index in [1.54, 1.807) is 37.3 Å². The number of hydrogen-bond donors (Lipinski definition) is 5. The first-order chi connectivity index (χ1) is 20.8. The number of hydrogen-bond acceptors (Lipinski definition) is 12. The number of thioether (sulfide) groups is 2. The number of nitrogens with zero attached hydrogens (tertiary/aromatic N) is 3. The fourth-order valence-electron chi connectivity index (χ4n) is 4.55. The van der Waals surface area contributed by atoms with Gasteiger partial charge in [0.05, 0.1) is 10.5 Å². The number of phenolic OH excluding ortho intramolecular Hbond substituents is 1. The summed E-state index contributed by atoms with van der Waals surface area (Å²) in [4.78, 5) is 52.9. The number of sulfonamides is 1. The number of nitrogens with one attached hydrogen (secondary N) is 2. The van der Waals surface area contributed by atoms with Crippen LogP contribution in [-0.2, 0) is 24.4 Å². The summed E-state index contributed by atoms with van der Waals surface area (Å²) in [7, 11) is -4.20. The maximum Gasteiger partial charge on any atom is 0.352 e. The highest BCUT2D eigenvalue weighted by Crippen LogP contribution is 2.42. The molecule has 44 heavy (non-hydrogen) atoms. The molecule has 14 nitrogen and oxygen atoms in total. The highest BCUT2D eigenvalue weighted by molar-refractivity contribution is 8.01. The van der Waals surface area contributed by atoms with Gasteiger partial charge in [0.25, 0.3) is 11.8 Å². The number of nitrogens with two attached hydrogens (primary N) is 1. The molecular weight excluding hydrogens is 653 g/mol. The van der Waals surface area contributed by atoms with Gasteiger partial charge < -0.3 is 20.8 Å². The van der Waals surface area contributed by atoms with Gasteiger partial charge in [-0.1, -0.05) is 53.4 Å². The van der Waals surface area contributed by atoms with E-state index in [-0.39, 0.29) is 5.70 Å². The zero-order valence-electron chi connectivity index (χ0n) is 22.7. The smallest absolute Gasteiger partial charge is 0.352 e. The quantitative estimate of drug-likeness (QED) is 0.151. The number of carbonyl (C=O) groups is 4. The summed E-state index contributed by atoms with van der Waals surface area (Å²) >= 11 is 3.99. The molecule has 0 saturated carbocycles. The van der Waals surface area contributed by atoms with Crippen molar-refractivity contribution in [3.8, 4) is 5.75 Å². The molecular formula is C26H24N6O8S4. The molecule has 2 aliphatic rings. The van der Waals surface area contributed by atoms with Crippen molar-refractivity contribution in [3.63, 3.8) is 0 Å². The molecule has 0 spiro atoms. The van der Waals surface area contributed by atoms with Crippen LogP contribution in [0, 0.1) is 6.92 Å². The number of amides is 3. The number of aliphatic carboxylic acids is 1. The number of β-lactam (4-membered cyclic amide) rings is 1. The van der Waals surface area contributed by atoms with E-state index in [4.69, 9.17) is 5.14 Å². The van der Waals surface area contributed by atoms with E-state index in [0.29, 0.717) is 27.0 Å². The number of carboxylic acid groups (broad SMARTS) is 1. The molecule has 18 heteroatoms. The molecule has 3 atom stereocenters. The standard InChI is InChI=1S/C26H24N6O8S4/c1-12-30-31-26(43-12)42-11-14-10-41-24-19(23(36)32(24)20(14)25(37)38)29-22(35)18(13-5-3-2-4-6-13)28-21(34)16-9-15(44(27,39)40)7-8-17(16)33/h2-9,18-19,24,33H,10-11H2,1H3,(H,28,34)(H,29,35)(H,37,38)(H2,27,39,40)/t18-,19?,24-/m0/s1. The van der Waals surface area contributed by atoms with Gasteiger partial charge in [0.1, 0.15) is 33.9 Å². The average molecular weight is 677 g/mol. The number of carbonyl (C=O) groups excluding carboxylic acids is 3. The number of primary sulfonamides is 1. The van der Waals surface area contributed by atoms with Crippen LogP contribution in [0.1, 0.15) is 27.0 Å². The molecule has 1 fully saturated rings. The molecule has 5 rings (SSSR count). The van der Waals surface area contributed by atoms with Crippen LogP contribution in [0.3, 0.4) is 0 Å². The van der Waals surface area contributed by atoms with E-state index in [1.165, 1.54) is 34.9 Å². The Morgan fingerprint density at radius 1 is 1.18 bits per heavy atom. The lowest BCUT2D eigenvalue weighted by molar-refractivity contribution is -0.151. The monoisotopic (exact) mass is 676 g/mol. The molecule has 0 aliphatic carbocycles. The Labute approximate surface area is 263 Å². The summed E-state index contributed by atoms with van der Waals surface area (Å²) in [5, 5.41) is 38.5. The summed E-state index contributed by atoms with van der Waals surface area (Å²) in [5.74, 6) is -3.61. The van der Waals surface area contributed by atoms with Crippen LogP contribution >= 0.6 is 34.9 Å². The second-order valence-corrected chi connectivity index (χ2v) is 14.6. The largest absolute Gasteiger partial charge is 0.507 e. The van der Waals surface area contributed by atoms with E-state index in [0.717, 1.165) is 28.1 Å². The second-order valence-electron chi connectivity index (χ2n) is 9.57. The van der Waals surface area contributed by atoms with Crippen molar-refractivity contribution < 1.29 is 37.8 Å². The third kappa shape index (κ3) is 6.43. The molecule has 0 bridgehead atoms. The highest BCUT2D eigenvalue weighted by Gasteiger charge is 2.54. The number of phenols is 1. The topological polar surface area (TPSA) is 222 Å². The lowest BCUT2D eigenvalue weighted by Crippen LogP contribution is -2.71. The highest BCUT2D eigenvalue weighted by atomic mass is 32.2. The molecule has 1 aromatic heterocycles. The Kier molecular flexibility index (Phi) is 8.98. The molecule has 6 N–H and O–H groups in total. The maximum atomic E-state index is 13.6. The third-order valence-electron chi connectivity index (χ3n) is 6.64.